The first kappa shape index (κ1) is 23.7. The molecule has 0 unspecified atom stereocenters. The predicted molar refractivity (Wildman–Crippen MR) is 144 cm³/mol. The number of aliphatic hydroxyl groups is 1. The van der Waals surface area contributed by atoms with E-state index in [0.717, 1.165) is 30.9 Å². The summed E-state index contributed by atoms with van der Waals surface area (Å²) in [6, 6.07) is 23.6. The Kier molecular flexibility index (Phi) is 6.94. The molecule has 1 aliphatic heterocycles. The van der Waals surface area contributed by atoms with Crippen molar-refractivity contribution < 1.29 is 9.84 Å². The van der Waals surface area contributed by atoms with E-state index in [0.29, 0.717) is 12.5 Å². The van der Waals surface area contributed by atoms with Gasteiger partial charge in [0.2, 0.25) is 0 Å². The second-order valence-electron chi connectivity index (χ2n) is 9.81. The highest BCUT2D eigenvalue weighted by Gasteiger charge is 2.26. The zero-order valence-corrected chi connectivity index (χ0v) is 21.1. The van der Waals surface area contributed by atoms with Gasteiger partial charge in [-0.3, -0.25) is 4.90 Å². The van der Waals surface area contributed by atoms with Crippen molar-refractivity contribution in [3.8, 4) is 17.0 Å². The lowest BCUT2D eigenvalue weighted by atomic mass is 9.84. The smallest absolute Gasteiger partial charge is 0.119 e. The molecule has 182 valence electrons. The highest BCUT2D eigenvalue weighted by molar-refractivity contribution is 5.93. The van der Waals surface area contributed by atoms with E-state index in [1.165, 1.54) is 46.2 Å². The van der Waals surface area contributed by atoms with E-state index in [4.69, 9.17) is 4.74 Å². The summed E-state index contributed by atoms with van der Waals surface area (Å²) < 4.78 is 7.88. The Morgan fingerprint density at radius 3 is 2.29 bits per heavy atom. The van der Waals surface area contributed by atoms with E-state index < -0.39 is 0 Å². The molecule has 1 aromatic heterocycles. The normalized spacial score (nSPS) is 15.1. The molecule has 0 atom stereocenters. The number of hydrogen-bond donors (Lipinski definition) is 1. The van der Waals surface area contributed by atoms with Gasteiger partial charge in [0.05, 0.1) is 19.4 Å². The molecular formula is C31H36N2O2. The third kappa shape index (κ3) is 4.61. The zero-order valence-electron chi connectivity index (χ0n) is 21.1. The van der Waals surface area contributed by atoms with Gasteiger partial charge in [0, 0.05) is 24.0 Å². The number of rotatable bonds is 7. The third-order valence-electron chi connectivity index (χ3n) is 7.67. The summed E-state index contributed by atoms with van der Waals surface area (Å²) in [4.78, 5) is 2.61. The molecule has 2 heterocycles. The van der Waals surface area contributed by atoms with Gasteiger partial charge in [-0.15, -0.1) is 0 Å². The second-order valence-corrected chi connectivity index (χ2v) is 9.81. The van der Waals surface area contributed by atoms with Crippen LogP contribution in [0.25, 0.3) is 22.2 Å². The van der Waals surface area contributed by atoms with Crippen LogP contribution < -0.4 is 4.74 Å². The molecule has 0 aliphatic carbocycles. The van der Waals surface area contributed by atoms with Crippen molar-refractivity contribution in [3.05, 3.63) is 89.0 Å². The van der Waals surface area contributed by atoms with Gasteiger partial charge in [-0.1, -0.05) is 48.5 Å². The van der Waals surface area contributed by atoms with Gasteiger partial charge >= 0.3 is 0 Å². The molecule has 3 aromatic carbocycles. The molecule has 0 amide bonds. The Hall–Kier alpha value is -3.08. The van der Waals surface area contributed by atoms with Crippen molar-refractivity contribution in [1.82, 2.24) is 9.47 Å². The van der Waals surface area contributed by atoms with Crippen LogP contribution in [0, 0.1) is 13.8 Å². The number of benzene rings is 3. The lowest BCUT2D eigenvalue weighted by Gasteiger charge is -2.33. The fourth-order valence-corrected chi connectivity index (χ4v) is 6.02. The standard InChI is InChI=1S/C31H36N2O2/c1-22-8-7-9-23(2)30(22)24-14-16-32(17-15-24)21-28-27-20-26(35-3)12-13-29(27)33(18-19-34)31(28)25-10-5-4-6-11-25/h4-13,20,24,34H,14-19,21H2,1-3H3. The van der Waals surface area contributed by atoms with Crippen molar-refractivity contribution in [1.29, 1.82) is 0 Å². The van der Waals surface area contributed by atoms with Gasteiger partial charge in [0.1, 0.15) is 5.75 Å². The molecule has 1 saturated heterocycles. The average Bonchev–Trinajstić information content (AvgIpc) is 3.18. The third-order valence-corrected chi connectivity index (χ3v) is 7.67. The highest BCUT2D eigenvalue weighted by Crippen LogP contribution is 2.38. The van der Waals surface area contributed by atoms with Gasteiger partial charge < -0.3 is 14.4 Å². The maximum atomic E-state index is 9.91. The minimum Gasteiger partial charge on any atom is -0.497 e. The summed E-state index contributed by atoms with van der Waals surface area (Å²) in [6.07, 6.45) is 2.37. The number of aromatic nitrogens is 1. The minimum absolute atomic E-state index is 0.107. The van der Waals surface area contributed by atoms with Crippen LogP contribution in [0.5, 0.6) is 5.75 Å². The molecule has 0 radical (unpaired) electrons. The van der Waals surface area contributed by atoms with Crippen LogP contribution in [-0.2, 0) is 13.1 Å². The number of nitrogens with zero attached hydrogens (tertiary/aromatic N) is 2. The maximum Gasteiger partial charge on any atom is 0.119 e. The van der Waals surface area contributed by atoms with Crippen molar-refractivity contribution in [2.75, 3.05) is 26.8 Å². The molecular weight excluding hydrogens is 432 g/mol. The van der Waals surface area contributed by atoms with Crippen LogP contribution in [0.2, 0.25) is 0 Å². The average molecular weight is 469 g/mol. The number of methoxy groups -OCH3 is 1. The van der Waals surface area contributed by atoms with Crippen molar-refractivity contribution in [2.45, 2.75) is 45.7 Å². The fraction of sp³-hybridized carbons (Fsp3) is 0.355. The summed E-state index contributed by atoms with van der Waals surface area (Å²) in [5.41, 5.74) is 9.28. The topological polar surface area (TPSA) is 37.6 Å². The highest BCUT2D eigenvalue weighted by atomic mass is 16.5. The fourth-order valence-electron chi connectivity index (χ4n) is 6.02. The number of aliphatic hydroxyl groups excluding tert-OH is 1. The van der Waals surface area contributed by atoms with Crippen molar-refractivity contribution in [2.24, 2.45) is 0 Å². The number of fused-ring (bicyclic) bond motifs is 1. The summed E-state index contributed by atoms with van der Waals surface area (Å²) in [5, 5.41) is 11.1. The Balaban J connectivity index is 1.50. The number of piperidine rings is 1. The van der Waals surface area contributed by atoms with E-state index in [2.05, 4.69) is 84.0 Å². The van der Waals surface area contributed by atoms with Gasteiger partial charge in [-0.05, 0) is 91.7 Å². The molecule has 0 saturated carbocycles. The molecule has 0 spiro atoms. The Morgan fingerprint density at radius 1 is 0.914 bits per heavy atom. The van der Waals surface area contributed by atoms with Crippen LogP contribution >= 0.6 is 0 Å². The SMILES string of the molecule is COc1ccc2c(c1)c(CN1CCC(c3c(C)cccc3C)CC1)c(-c1ccccc1)n2CCO. The second kappa shape index (κ2) is 10.3. The van der Waals surface area contributed by atoms with Gasteiger partial charge in [-0.2, -0.15) is 0 Å². The molecule has 4 aromatic rings. The van der Waals surface area contributed by atoms with Crippen LogP contribution in [0.15, 0.2) is 66.7 Å². The molecule has 1 fully saturated rings. The first-order chi connectivity index (χ1) is 17.1. The molecule has 1 aliphatic rings. The van der Waals surface area contributed by atoms with E-state index >= 15 is 0 Å². The summed E-state index contributed by atoms with van der Waals surface area (Å²) >= 11 is 0. The predicted octanol–water partition coefficient (Wildman–Crippen LogP) is 6.31. The molecule has 4 nitrogen and oxygen atoms in total. The zero-order chi connectivity index (χ0) is 24.4. The van der Waals surface area contributed by atoms with E-state index in [1.54, 1.807) is 12.7 Å². The van der Waals surface area contributed by atoms with E-state index in [1.807, 2.05) is 6.07 Å². The molecule has 35 heavy (non-hydrogen) atoms. The molecule has 5 rings (SSSR count). The van der Waals surface area contributed by atoms with Crippen LogP contribution in [-0.4, -0.2) is 41.4 Å². The van der Waals surface area contributed by atoms with Crippen LogP contribution in [0.3, 0.4) is 0 Å². The minimum atomic E-state index is 0.107. The van der Waals surface area contributed by atoms with Gasteiger partial charge in [0.15, 0.2) is 0 Å². The Morgan fingerprint density at radius 2 is 1.63 bits per heavy atom. The van der Waals surface area contributed by atoms with Crippen LogP contribution in [0.1, 0.15) is 41.0 Å². The van der Waals surface area contributed by atoms with Crippen LogP contribution in [0.4, 0.5) is 0 Å². The summed E-state index contributed by atoms with van der Waals surface area (Å²) in [7, 11) is 1.72. The largest absolute Gasteiger partial charge is 0.497 e. The number of ether oxygens (including phenoxy) is 1. The van der Waals surface area contributed by atoms with E-state index in [-0.39, 0.29) is 6.61 Å². The molecule has 4 heteroatoms. The lowest BCUT2D eigenvalue weighted by molar-refractivity contribution is 0.205. The summed E-state index contributed by atoms with van der Waals surface area (Å²) in [5.74, 6) is 1.50. The van der Waals surface area contributed by atoms with E-state index in [9.17, 15) is 5.11 Å². The Labute approximate surface area is 208 Å². The quantitative estimate of drug-likeness (QED) is 0.346. The first-order valence-electron chi connectivity index (χ1n) is 12.7. The maximum absolute atomic E-state index is 9.91. The van der Waals surface area contributed by atoms with Gasteiger partial charge in [-0.25, -0.2) is 0 Å². The monoisotopic (exact) mass is 468 g/mol. The molecule has 0 bridgehead atoms. The lowest BCUT2D eigenvalue weighted by Crippen LogP contribution is -2.33. The number of hydrogen-bond acceptors (Lipinski definition) is 3. The number of likely N-dealkylation sites (tertiary alicyclic amines) is 1. The first-order valence-corrected chi connectivity index (χ1v) is 12.7. The molecule has 1 N–H and O–H groups in total. The van der Waals surface area contributed by atoms with Crippen molar-refractivity contribution >= 4 is 10.9 Å². The summed E-state index contributed by atoms with van der Waals surface area (Å²) in [6.45, 7) is 8.25. The Bertz CT molecular complexity index is 1280. The number of aryl methyl sites for hydroxylation is 2. The van der Waals surface area contributed by atoms with Gasteiger partial charge in [0.25, 0.3) is 0 Å². The van der Waals surface area contributed by atoms with Crippen molar-refractivity contribution in [3.63, 3.8) is 0 Å².